The first-order valence-electron chi connectivity index (χ1n) is 5.00. The molecule has 0 amide bonds. The number of rotatable bonds is 6. The number of carboxylic acid groups (broad SMARTS) is 1. The Morgan fingerprint density at radius 2 is 2.11 bits per heavy atom. The molecule has 0 fully saturated rings. The minimum atomic E-state index is -1.41. The van der Waals surface area contributed by atoms with Gasteiger partial charge in [-0.05, 0) is 28.1 Å². The lowest BCUT2D eigenvalue weighted by atomic mass is 10.2. The highest BCUT2D eigenvalue weighted by Gasteiger charge is 2.19. The molecule has 3 nitrogen and oxygen atoms in total. The number of halogens is 4. The van der Waals surface area contributed by atoms with Crippen molar-refractivity contribution in [2.45, 2.75) is 12.5 Å². The average Bonchev–Trinajstić information content (AvgIpc) is 2.32. The van der Waals surface area contributed by atoms with Crippen molar-refractivity contribution in [3.05, 3.63) is 28.0 Å². The highest BCUT2D eigenvalue weighted by Crippen LogP contribution is 2.28. The fourth-order valence-electron chi connectivity index (χ4n) is 1.26. The molecule has 0 bridgehead atoms. The Bertz CT molecular complexity index is 440. The molecule has 1 aromatic carbocycles. The zero-order valence-electron chi connectivity index (χ0n) is 9.13. The van der Waals surface area contributed by atoms with Crippen LogP contribution in [-0.4, -0.2) is 30.5 Å². The van der Waals surface area contributed by atoms with Gasteiger partial charge in [0.1, 0.15) is 29.9 Å². The van der Waals surface area contributed by atoms with Gasteiger partial charge in [-0.1, -0.05) is 0 Å². The molecule has 1 N–H and O–H groups in total. The van der Waals surface area contributed by atoms with Crippen LogP contribution in [0.15, 0.2) is 16.6 Å². The lowest BCUT2D eigenvalue weighted by molar-refractivity contribution is 0.0684. The van der Waals surface area contributed by atoms with Crippen molar-refractivity contribution in [2.75, 3.05) is 13.3 Å². The monoisotopic (exact) mass is 326 g/mol. The van der Waals surface area contributed by atoms with Crippen LogP contribution in [0.25, 0.3) is 0 Å². The van der Waals surface area contributed by atoms with E-state index < -0.39 is 36.8 Å². The predicted octanol–water partition coefficient (Wildman–Crippen LogP) is 3.36. The number of ether oxygens (including phenoxy) is 1. The Kier molecular flexibility index (Phi) is 5.46. The summed E-state index contributed by atoms with van der Waals surface area (Å²) in [6, 6.07) is 1.84. The molecular weight excluding hydrogens is 317 g/mol. The summed E-state index contributed by atoms with van der Waals surface area (Å²) in [5.41, 5.74) is -0.437. The van der Waals surface area contributed by atoms with Crippen molar-refractivity contribution in [1.29, 1.82) is 0 Å². The largest absolute Gasteiger partial charge is 0.487 e. The third-order valence-corrected chi connectivity index (χ3v) is 2.76. The summed E-state index contributed by atoms with van der Waals surface area (Å²) < 4.78 is 42.8. The van der Waals surface area contributed by atoms with E-state index in [4.69, 9.17) is 9.84 Å². The molecule has 0 saturated heterocycles. The SMILES string of the molecule is O=C(O)c1cc(F)c(Br)cc1OC(CF)CCF. The normalized spacial score (nSPS) is 12.2. The van der Waals surface area contributed by atoms with Gasteiger partial charge in [-0.3, -0.25) is 4.39 Å². The van der Waals surface area contributed by atoms with Gasteiger partial charge in [0.2, 0.25) is 0 Å². The summed E-state index contributed by atoms with van der Waals surface area (Å²) in [7, 11) is 0. The third kappa shape index (κ3) is 3.63. The molecule has 0 aliphatic carbocycles. The number of aromatic carboxylic acids is 1. The van der Waals surface area contributed by atoms with Crippen molar-refractivity contribution in [1.82, 2.24) is 0 Å². The number of hydrogen-bond donors (Lipinski definition) is 1. The van der Waals surface area contributed by atoms with Gasteiger partial charge in [0.25, 0.3) is 0 Å². The van der Waals surface area contributed by atoms with Crippen LogP contribution >= 0.6 is 15.9 Å². The summed E-state index contributed by atoms with van der Waals surface area (Å²) in [4.78, 5) is 10.9. The van der Waals surface area contributed by atoms with E-state index in [-0.39, 0.29) is 16.6 Å². The van der Waals surface area contributed by atoms with Crippen LogP contribution in [0.4, 0.5) is 13.2 Å². The van der Waals surface area contributed by atoms with Gasteiger partial charge in [-0.25, -0.2) is 13.6 Å². The Morgan fingerprint density at radius 3 is 2.61 bits per heavy atom. The van der Waals surface area contributed by atoms with Crippen LogP contribution in [-0.2, 0) is 0 Å². The second-order valence-corrected chi connectivity index (χ2v) is 4.29. The second kappa shape index (κ2) is 6.63. The van der Waals surface area contributed by atoms with E-state index in [1.165, 1.54) is 0 Å². The molecule has 0 spiro atoms. The molecule has 7 heteroatoms. The second-order valence-electron chi connectivity index (χ2n) is 3.44. The predicted molar refractivity (Wildman–Crippen MR) is 62.0 cm³/mol. The van der Waals surface area contributed by atoms with E-state index in [1.54, 1.807) is 0 Å². The first kappa shape index (κ1) is 14.8. The summed E-state index contributed by atoms with van der Waals surface area (Å²) in [6.45, 7) is -1.75. The number of carboxylic acids is 1. The quantitative estimate of drug-likeness (QED) is 0.871. The van der Waals surface area contributed by atoms with Gasteiger partial charge in [-0.2, -0.15) is 0 Å². The summed E-state index contributed by atoms with van der Waals surface area (Å²) in [5.74, 6) is -2.39. The average molecular weight is 327 g/mol. The van der Waals surface area contributed by atoms with E-state index in [2.05, 4.69) is 15.9 Å². The lowest BCUT2D eigenvalue weighted by Crippen LogP contribution is -2.21. The molecule has 0 saturated carbocycles. The molecule has 1 unspecified atom stereocenters. The Morgan fingerprint density at radius 1 is 1.44 bits per heavy atom. The van der Waals surface area contributed by atoms with Crippen molar-refractivity contribution in [3.8, 4) is 5.75 Å². The fraction of sp³-hybridized carbons (Fsp3) is 0.364. The molecule has 0 aliphatic heterocycles. The van der Waals surface area contributed by atoms with Crippen LogP contribution in [0.3, 0.4) is 0 Å². The molecule has 100 valence electrons. The Hall–Kier alpha value is -1.24. The van der Waals surface area contributed by atoms with E-state index >= 15 is 0 Å². The molecule has 1 atom stereocenters. The topological polar surface area (TPSA) is 46.5 Å². The highest BCUT2D eigenvalue weighted by atomic mass is 79.9. The number of alkyl halides is 2. The summed E-state index contributed by atoms with van der Waals surface area (Å²) in [5, 5.41) is 8.87. The van der Waals surface area contributed by atoms with Gasteiger partial charge in [-0.15, -0.1) is 0 Å². The third-order valence-electron chi connectivity index (χ3n) is 2.15. The molecule has 0 aromatic heterocycles. The maximum Gasteiger partial charge on any atom is 0.339 e. The molecule has 1 aromatic rings. The van der Waals surface area contributed by atoms with Crippen molar-refractivity contribution >= 4 is 21.9 Å². The smallest absolute Gasteiger partial charge is 0.339 e. The summed E-state index contributed by atoms with van der Waals surface area (Å²) >= 11 is 2.86. The van der Waals surface area contributed by atoms with Gasteiger partial charge in [0, 0.05) is 6.42 Å². The molecule has 1 rings (SSSR count). The van der Waals surface area contributed by atoms with Crippen LogP contribution in [0.5, 0.6) is 5.75 Å². The number of carbonyl (C=O) groups is 1. The Balaban J connectivity index is 3.06. The van der Waals surface area contributed by atoms with Crippen LogP contribution in [0.1, 0.15) is 16.8 Å². The maximum atomic E-state index is 13.2. The van der Waals surface area contributed by atoms with Gasteiger partial charge < -0.3 is 9.84 Å². The van der Waals surface area contributed by atoms with Crippen LogP contribution < -0.4 is 4.74 Å². The van der Waals surface area contributed by atoms with Crippen molar-refractivity contribution in [2.24, 2.45) is 0 Å². The van der Waals surface area contributed by atoms with Gasteiger partial charge in [0.15, 0.2) is 0 Å². The van der Waals surface area contributed by atoms with E-state index in [9.17, 15) is 18.0 Å². The van der Waals surface area contributed by atoms with Gasteiger partial charge in [0.05, 0.1) is 11.1 Å². The van der Waals surface area contributed by atoms with Crippen LogP contribution in [0.2, 0.25) is 0 Å². The molecule has 0 radical (unpaired) electrons. The maximum absolute atomic E-state index is 13.2. The van der Waals surface area contributed by atoms with Crippen molar-refractivity contribution in [3.63, 3.8) is 0 Å². The van der Waals surface area contributed by atoms with Crippen LogP contribution in [0, 0.1) is 5.82 Å². The zero-order chi connectivity index (χ0) is 13.7. The van der Waals surface area contributed by atoms with Gasteiger partial charge >= 0.3 is 5.97 Å². The summed E-state index contributed by atoms with van der Waals surface area (Å²) in [6.07, 6.45) is -1.30. The molecule has 0 aliphatic rings. The number of hydrogen-bond acceptors (Lipinski definition) is 2. The lowest BCUT2D eigenvalue weighted by Gasteiger charge is -2.16. The zero-order valence-corrected chi connectivity index (χ0v) is 10.7. The fourth-order valence-corrected chi connectivity index (χ4v) is 1.58. The molecular formula is C11H10BrF3O3. The standard InChI is InChI=1S/C11H10BrF3O3/c12-8-4-10(18-6(5-14)1-2-13)7(11(16)17)3-9(8)15/h3-4,6H,1-2,5H2,(H,16,17). The minimum Gasteiger partial charge on any atom is -0.487 e. The van der Waals surface area contributed by atoms with E-state index in [1.807, 2.05) is 0 Å². The van der Waals surface area contributed by atoms with E-state index in [0.717, 1.165) is 12.1 Å². The molecule has 0 heterocycles. The minimum absolute atomic E-state index is 0.0136. The number of benzene rings is 1. The first-order valence-corrected chi connectivity index (χ1v) is 5.79. The first-order chi connectivity index (χ1) is 8.49. The Labute approximate surface area is 110 Å². The van der Waals surface area contributed by atoms with Crippen molar-refractivity contribution < 1.29 is 27.8 Å². The molecule has 18 heavy (non-hydrogen) atoms. The highest BCUT2D eigenvalue weighted by molar-refractivity contribution is 9.10. The van der Waals surface area contributed by atoms with E-state index in [0.29, 0.717) is 0 Å².